The molecule has 0 unspecified atom stereocenters. The lowest BCUT2D eigenvalue weighted by Gasteiger charge is -2.31. The van der Waals surface area contributed by atoms with Gasteiger partial charge >= 0.3 is 0 Å². The van der Waals surface area contributed by atoms with Gasteiger partial charge in [0, 0.05) is 6.54 Å². The fourth-order valence-electron chi connectivity index (χ4n) is 2.80. The van der Waals surface area contributed by atoms with Crippen LogP contribution in [0.25, 0.3) is 0 Å². The maximum absolute atomic E-state index is 2.61. The maximum Gasteiger partial charge on any atom is 0.0236 e. The number of hydrogen-bond acceptors (Lipinski definition) is 1. The third kappa shape index (κ3) is 3.82. The van der Waals surface area contributed by atoms with Crippen molar-refractivity contribution in [1.29, 1.82) is 0 Å². The Hall–Kier alpha value is -0.820. The van der Waals surface area contributed by atoms with Crippen molar-refractivity contribution >= 4 is 0 Å². The van der Waals surface area contributed by atoms with E-state index in [-0.39, 0.29) is 5.41 Å². The lowest BCUT2D eigenvalue weighted by molar-refractivity contribution is 0.185. The highest BCUT2D eigenvalue weighted by Crippen LogP contribution is 2.25. The SMILES string of the molecule is Cc1cc(C(C)(C)C)ccc1CN1CCC(C)CC1. The second-order valence-corrected chi connectivity index (χ2v) is 7.35. The van der Waals surface area contributed by atoms with Gasteiger partial charge in [0.25, 0.3) is 0 Å². The molecular weight excluding hydrogens is 230 g/mol. The van der Waals surface area contributed by atoms with E-state index in [1.807, 2.05) is 0 Å². The van der Waals surface area contributed by atoms with Crippen LogP contribution in [-0.4, -0.2) is 18.0 Å². The number of aryl methyl sites for hydroxylation is 1. The highest BCUT2D eigenvalue weighted by atomic mass is 15.1. The van der Waals surface area contributed by atoms with Crippen LogP contribution >= 0.6 is 0 Å². The van der Waals surface area contributed by atoms with Crippen molar-refractivity contribution in [2.45, 2.75) is 59.4 Å². The van der Waals surface area contributed by atoms with E-state index in [1.165, 1.54) is 42.6 Å². The van der Waals surface area contributed by atoms with E-state index in [1.54, 1.807) is 0 Å². The second-order valence-electron chi connectivity index (χ2n) is 7.35. The zero-order valence-corrected chi connectivity index (χ0v) is 13.3. The quantitative estimate of drug-likeness (QED) is 0.754. The molecule has 1 fully saturated rings. The zero-order valence-electron chi connectivity index (χ0n) is 13.3. The Morgan fingerprint density at radius 1 is 1.16 bits per heavy atom. The van der Waals surface area contributed by atoms with E-state index < -0.39 is 0 Å². The smallest absolute Gasteiger partial charge is 0.0236 e. The third-order valence-corrected chi connectivity index (χ3v) is 4.48. The summed E-state index contributed by atoms with van der Waals surface area (Å²) in [4.78, 5) is 2.61. The Labute approximate surface area is 119 Å². The highest BCUT2D eigenvalue weighted by Gasteiger charge is 2.18. The lowest BCUT2D eigenvalue weighted by Crippen LogP contribution is -2.32. The van der Waals surface area contributed by atoms with Gasteiger partial charge in [-0.05, 0) is 60.9 Å². The minimum atomic E-state index is 0.254. The van der Waals surface area contributed by atoms with Crippen LogP contribution in [0.1, 0.15) is 57.2 Å². The molecule has 0 aliphatic carbocycles. The predicted molar refractivity (Wildman–Crippen MR) is 83.6 cm³/mol. The largest absolute Gasteiger partial charge is 0.299 e. The van der Waals surface area contributed by atoms with E-state index in [9.17, 15) is 0 Å². The van der Waals surface area contributed by atoms with Crippen molar-refractivity contribution in [3.8, 4) is 0 Å². The van der Waals surface area contributed by atoms with Crippen molar-refractivity contribution in [3.05, 3.63) is 34.9 Å². The number of likely N-dealkylation sites (tertiary alicyclic amines) is 1. The maximum atomic E-state index is 2.61. The summed E-state index contributed by atoms with van der Waals surface area (Å²) in [6.07, 6.45) is 2.72. The second kappa shape index (κ2) is 5.66. The van der Waals surface area contributed by atoms with Crippen molar-refractivity contribution in [2.75, 3.05) is 13.1 Å². The summed E-state index contributed by atoms with van der Waals surface area (Å²) >= 11 is 0. The number of benzene rings is 1. The normalized spacial score (nSPS) is 18.8. The molecule has 0 N–H and O–H groups in total. The van der Waals surface area contributed by atoms with Gasteiger partial charge in [-0.15, -0.1) is 0 Å². The predicted octanol–water partition coefficient (Wildman–Crippen LogP) is 4.52. The third-order valence-electron chi connectivity index (χ3n) is 4.48. The summed E-state index contributed by atoms with van der Waals surface area (Å²) in [6, 6.07) is 7.03. The number of rotatable bonds is 2. The van der Waals surface area contributed by atoms with Gasteiger partial charge in [-0.1, -0.05) is 45.9 Å². The van der Waals surface area contributed by atoms with Gasteiger partial charge in [0.1, 0.15) is 0 Å². The Balaban J connectivity index is 2.05. The summed E-state index contributed by atoms with van der Waals surface area (Å²) in [5, 5.41) is 0. The first-order chi connectivity index (χ1) is 8.86. The van der Waals surface area contributed by atoms with Gasteiger partial charge in [0.2, 0.25) is 0 Å². The van der Waals surface area contributed by atoms with Crippen LogP contribution in [0.3, 0.4) is 0 Å². The minimum Gasteiger partial charge on any atom is -0.299 e. The summed E-state index contributed by atoms with van der Waals surface area (Å²) in [5.41, 5.74) is 4.65. The number of nitrogens with zero attached hydrogens (tertiary/aromatic N) is 1. The van der Waals surface area contributed by atoms with Crippen LogP contribution < -0.4 is 0 Å². The van der Waals surface area contributed by atoms with Crippen LogP contribution in [0, 0.1) is 12.8 Å². The topological polar surface area (TPSA) is 3.24 Å². The molecule has 0 radical (unpaired) electrons. The van der Waals surface area contributed by atoms with Gasteiger partial charge < -0.3 is 0 Å². The molecule has 1 aromatic carbocycles. The minimum absolute atomic E-state index is 0.254. The molecule has 0 atom stereocenters. The Bertz CT molecular complexity index is 420. The van der Waals surface area contributed by atoms with Gasteiger partial charge in [-0.2, -0.15) is 0 Å². The molecule has 1 heteroatoms. The molecule has 1 heterocycles. The van der Waals surface area contributed by atoms with Crippen molar-refractivity contribution in [2.24, 2.45) is 5.92 Å². The Kier molecular flexibility index (Phi) is 4.35. The zero-order chi connectivity index (χ0) is 14.0. The van der Waals surface area contributed by atoms with E-state index in [0.29, 0.717) is 0 Å². The first kappa shape index (κ1) is 14.6. The van der Waals surface area contributed by atoms with E-state index >= 15 is 0 Å². The van der Waals surface area contributed by atoms with E-state index in [4.69, 9.17) is 0 Å². The number of hydrogen-bond donors (Lipinski definition) is 0. The molecule has 1 nitrogen and oxygen atoms in total. The molecule has 106 valence electrons. The molecule has 0 saturated carbocycles. The molecule has 1 saturated heterocycles. The molecule has 2 rings (SSSR count). The summed E-state index contributed by atoms with van der Waals surface area (Å²) < 4.78 is 0. The van der Waals surface area contributed by atoms with Crippen LogP contribution in [0.2, 0.25) is 0 Å². The summed E-state index contributed by atoms with van der Waals surface area (Å²) in [6.45, 7) is 15.2. The van der Waals surface area contributed by atoms with Crippen molar-refractivity contribution in [1.82, 2.24) is 4.90 Å². The molecule has 1 aromatic rings. The van der Waals surface area contributed by atoms with E-state index in [2.05, 4.69) is 57.7 Å². The van der Waals surface area contributed by atoms with Gasteiger partial charge in [-0.25, -0.2) is 0 Å². The summed E-state index contributed by atoms with van der Waals surface area (Å²) in [7, 11) is 0. The average Bonchev–Trinajstić information content (AvgIpc) is 2.33. The van der Waals surface area contributed by atoms with Crippen LogP contribution in [0.5, 0.6) is 0 Å². The average molecular weight is 259 g/mol. The molecule has 1 aliphatic heterocycles. The molecule has 0 aromatic heterocycles. The molecular formula is C18H29N. The fourth-order valence-corrected chi connectivity index (χ4v) is 2.80. The molecule has 0 bridgehead atoms. The molecule has 0 amide bonds. The molecule has 0 spiro atoms. The van der Waals surface area contributed by atoms with Gasteiger partial charge in [-0.3, -0.25) is 4.90 Å². The fraction of sp³-hybridized carbons (Fsp3) is 0.667. The van der Waals surface area contributed by atoms with Gasteiger partial charge in [0.15, 0.2) is 0 Å². The first-order valence-electron chi connectivity index (χ1n) is 7.68. The van der Waals surface area contributed by atoms with Crippen molar-refractivity contribution in [3.63, 3.8) is 0 Å². The standard InChI is InChI=1S/C18H29N/c1-14-8-10-19(11-9-14)13-16-6-7-17(12-15(16)2)18(3,4)5/h6-7,12,14H,8-11,13H2,1-5H3. The van der Waals surface area contributed by atoms with Gasteiger partial charge in [0.05, 0.1) is 0 Å². The van der Waals surface area contributed by atoms with Crippen molar-refractivity contribution < 1.29 is 0 Å². The lowest BCUT2D eigenvalue weighted by atomic mass is 9.85. The van der Waals surface area contributed by atoms with Crippen LogP contribution in [0.4, 0.5) is 0 Å². The number of piperidine rings is 1. The monoisotopic (exact) mass is 259 g/mol. The Morgan fingerprint density at radius 2 is 1.79 bits per heavy atom. The first-order valence-corrected chi connectivity index (χ1v) is 7.68. The van der Waals surface area contributed by atoms with Crippen LogP contribution in [-0.2, 0) is 12.0 Å². The molecule has 19 heavy (non-hydrogen) atoms. The molecule has 1 aliphatic rings. The van der Waals surface area contributed by atoms with Crippen LogP contribution in [0.15, 0.2) is 18.2 Å². The summed E-state index contributed by atoms with van der Waals surface area (Å²) in [5.74, 6) is 0.917. The van der Waals surface area contributed by atoms with E-state index in [0.717, 1.165) is 12.5 Å². The highest BCUT2D eigenvalue weighted by molar-refractivity contribution is 5.34. The Morgan fingerprint density at radius 3 is 2.32 bits per heavy atom.